The van der Waals surface area contributed by atoms with Gasteiger partial charge in [-0.2, -0.15) is 13.2 Å². The molecule has 6 rings (SSSR count). The first-order valence-electron chi connectivity index (χ1n) is 14.7. The summed E-state index contributed by atoms with van der Waals surface area (Å²) in [6, 6.07) is 16.7. The van der Waals surface area contributed by atoms with Crippen LogP contribution in [-0.4, -0.2) is 25.8 Å². The molecular weight excluding hydrogens is 609 g/mol. The number of sulfonamides is 1. The van der Waals surface area contributed by atoms with Gasteiger partial charge in [0.25, 0.3) is 0 Å². The molecule has 0 aromatic heterocycles. The summed E-state index contributed by atoms with van der Waals surface area (Å²) in [6.07, 6.45) is 0.939. The fourth-order valence-corrected chi connectivity index (χ4v) is 8.14. The highest BCUT2D eigenvalue weighted by molar-refractivity contribution is 7.88. The van der Waals surface area contributed by atoms with Gasteiger partial charge in [-0.1, -0.05) is 48.9 Å². The van der Waals surface area contributed by atoms with Gasteiger partial charge in [0.05, 0.1) is 22.7 Å². The maximum Gasteiger partial charge on any atom is 0.416 e. The van der Waals surface area contributed by atoms with Gasteiger partial charge in [-0.15, -0.1) is 0 Å². The predicted molar refractivity (Wildman–Crippen MR) is 163 cm³/mol. The van der Waals surface area contributed by atoms with E-state index in [4.69, 9.17) is 0 Å². The molecule has 1 heterocycles. The number of nitrogens with zero attached hydrogens (tertiary/aromatic N) is 2. The largest absolute Gasteiger partial charge is 0.416 e. The Balaban J connectivity index is 1.28. The average molecular weight is 642 g/mol. The zero-order valence-electron chi connectivity index (χ0n) is 24.5. The van der Waals surface area contributed by atoms with Gasteiger partial charge in [0.2, 0.25) is 10.0 Å². The highest BCUT2D eigenvalue weighted by atomic mass is 32.2. The van der Waals surface area contributed by atoms with E-state index in [9.17, 15) is 30.4 Å². The summed E-state index contributed by atoms with van der Waals surface area (Å²) >= 11 is 0. The molecule has 3 aliphatic rings. The standard InChI is InChI=1S/C34H32F5N3O2S/c1-22-30-19-40-42(29-13-11-28(35)12-14-29)32(30)18-25-9-10-26(33(22)25)20-41(16-15-24-6-2-3-8-31(24)36)45(43,44)21-23-5-4-7-27(17-23)34(37,38)39/h2-8,11-14,17-19,22,26,40H,9-10,15-16,20-21H2,1H3/t22-,26+/m0/s1. The molecule has 1 aliphatic heterocycles. The van der Waals surface area contributed by atoms with Gasteiger partial charge in [0.1, 0.15) is 11.6 Å². The Labute approximate surface area is 259 Å². The number of benzene rings is 3. The second kappa shape index (κ2) is 12.1. The number of hydrogen-bond acceptors (Lipinski definition) is 4. The third-order valence-electron chi connectivity index (χ3n) is 8.80. The number of fused-ring (bicyclic) bond motifs is 1. The number of nitrogens with one attached hydrogen (secondary N) is 1. The molecule has 11 heteroatoms. The van der Waals surface area contributed by atoms with Crippen LogP contribution in [0.25, 0.3) is 0 Å². The Kier molecular flexibility index (Phi) is 8.34. The minimum atomic E-state index is -4.60. The highest BCUT2D eigenvalue weighted by Gasteiger charge is 2.40. The smallest absolute Gasteiger partial charge is 0.301 e. The Bertz CT molecular complexity index is 1800. The van der Waals surface area contributed by atoms with Gasteiger partial charge >= 0.3 is 6.18 Å². The van der Waals surface area contributed by atoms with Crippen LogP contribution in [0.3, 0.4) is 0 Å². The molecule has 0 radical (unpaired) electrons. The van der Waals surface area contributed by atoms with Gasteiger partial charge in [-0.3, -0.25) is 5.01 Å². The van der Waals surface area contributed by atoms with Crippen LogP contribution in [0.15, 0.2) is 107 Å². The number of hydrogen-bond donors (Lipinski definition) is 1. The Hall–Kier alpha value is -3.96. The van der Waals surface area contributed by atoms with Crippen LogP contribution < -0.4 is 10.4 Å². The van der Waals surface area contributed by atoms with Crippen molar-refractivity contribution in [2.75, 3.05) is 18.1 Å². The quantitative estimate of drug-likeness (QED) is 0.246. The van der Waals surface area contributed by atoms with Gasteiger partial charge in [-0.25, -0.2) is 21.5 Å². The Morgan fingerprint density at radius 1 is 1.00 bits per heavy atom. The molecule has 2 atom stereocenters. The third-order valence-corrected chi connectivity index (χ3v) is 10.6. The topological polar surface area (TPSA) is 52.6 Å². The van der Waals surface area contributed by atoms with E-state index in [0.717, 1.165) is 46.7 Å². The van der Waals surface area contributed by atoms with Crippen LogP contribution in [0.2, 0.25) is 0 Å². The normalized spacial score (nSPS) is 19.8. The van der Waals surface area contributed by atoms with Crippen molar-refractivity contribution in [1.82, 2.24) is 9.73 Å². The summed E-state index contributed by atoms with van der Waals surface area (Å²) < 4.78 is 97.2. The van der Waals surface area contributed by atoms with Crippen LogP contribution in [0, 0.1) is 23.5 Å². The number of rotatable bonds is 9. The van der Waals surface area contributed by atoms with Crippen molar-refractivity contribution >= 4 is 15.7 Å². The monoisotopic (exact) mass is 641 g/mol. The van der Waals surface area contributed by atoms with Crippen molar-refractivity contribution in [1.29, 1.82) is 0 Å². The maximum absolute atomic E-state index is 14.5. The molecule has 2 aliphatic carbocycles. The van der Waals surface area contributed by atoms with E-state index < -0.39 is 33.3 Å². The summed E-state index contributed by atoms with van der Waals surface area (Å²) in [4.78, 5) is 0. The lowest BCUT2D eigenvalue weighted by atomic mass is 9.80. The van der Waals surface area contributed by atoms with E-state index in [2.05, 4.69) is 18.4 Å². The lowest BCUT2D eigenvalue weighted by molar-refractivity contribution is -0.137. The molecule has 0 saturated heterocycles. The highest BCUT2D eigenvalue weighted by Crippen LogP contribution is 2.48. The minimum Gasteiger partial charge on any atom is -0.301 e. The van der Waals surface area contributed by atoms with Crippen LogP contribution >= 0.6 is 0 Å². The van der Waals surface area contributed by atoms with Gasteiger partial charge in [0.15, 0.2) is 0 Å². The Morgan fingerprint density at radius 2 is 1.76 bits per heavy atom. The van der Waals surface area contributed by atoms with Crippen LogP contribution in [0.5, 0.6) is 0 Å². The molecule has 3 aromatic carbocycles. The van der Waals surface area contributed by atoms with E-state index in [-0.39, 0.29) is 42.7 Å². The molecule has 0 bridgehead atoms. The summed E-state index contributed by atoms with van der Waals surface area (Å²) in [6.45, 7) is 2.19. The summed E-state index contributed by atoms with van der Waals surface area (Å²) in [5, 5.41) is 1.89. The number of allylic oxidation sites excluding steroid dienone is 3. The van der Waals surface area contributed by atoms with E-state index in [1.807, 2.05) is 11.2 Å². The first-order valence-corrected chi connectivity index (χ1v) is 16.4. The van der Waals surface area contributed by atoms with Crippen molar-refractivity contribution in [2.24, 2.45) is 11.8 Å². The molecule has 45 heavy (non-hydrogen) atoms. The van der Waals surface area contributed by atoms with E-state index in [0.29, 0.717) is 12.0 Å². The number of alkyl halides is 3. The second-order valence-electron chi connectivity index (χ2n) is 11.7. The van der Waals surface area contributed by atoms with E-state index in [1.165, 1.54) is 34.6 Å². The van der Waals surface area contributed by atoms with Crippen LogP contribution in [0.1, 0.15) is 36.5 Å². The second-order valence-corrected chi connectivity index (χ2v) is 13.6. The van der Waals surface area contributed by atoms with Gasteiger partial charge < -0.3 is 5.43 Å². The van der Waals surface area contributed by atoms with Gasteiger partial charge in [0, 0.05) is 30.8 Å². The molecule has 0 saturated carbocycles. The van der Waals surface area contributed by atoms with E-state index >= 15 is 0 Å². The van der Waals surface area contributed by atoms with Crippen molar-refractivity contribution < 1.29 is 30.4 Å². The molecular formula is C34H32F5N3O2S. The third kappa shape index (κ3) is 6.41. The zero-order chi connectivity index (χ0) is 31.9. The van der Waals surface area contributed by atoms with Crippen LogP contribution in [0.4, 0.5) is 27.6 Å². The fraction of sp³-hybridized carbons (Fsp3) is 0.294. The zero-order valence-corrected chi connectivity index (χ0v) is 25.3. The molecule has 0 fully saturated rings. The molecule has 0 spiro atoms. The Morgan fingerprint density at radius 3 is 2.49 bits per heavy atom. The first kappa shape index (κ1) is 31.0. The lowest BCUT2D eigenvalue weighted by Gasteiger charge is -2.32. The molecule has 0 unspecified atom stereocenters. The van der Waals surface area contributed by atoms with Crippen molar-refractivity contribution in [3.63, 3.8) is 0 Å². The van der Waals surface area contributed by atoms with Crippen molar-refractivity contribution in [2.45, 2.75) is 38.1 Å². The summed E-state index contributed by atoms with van der Waals surface area (Å²) in [5.74, 6) is -1.55. The maximum atomic E-state index is 14.5. The first-order chi connectivity index (χ1) is 21.4. The average Bonchev–Trinajstić information content (AvgIpc) is 3.61. The minimum absolute atomic E-state index is 0.0145. The number of hydrazine groups is 1. The fourth-order valence-electron chi connectivity index (χ4n) is 6.58. The molecule has 236 valence electrons. The lowest BCUT2D eigenvalue weighted by Crippen LogP contribution is -2.38. The summed E-state index contributed by atoms with van der Waals surface area (Å²) in [7, 11) is -4.09. The molecule has 0 amide bonds. The van der Waals surface area contributed by atoms with Crippen molar-refractivity contribution in [3.05, 3.63) is 136 Å². The number of anilines is 1. The predicted octanol–water partition coefficient (Wildman–Crippen LogP) is 7.51. The van der Waals surface area contributed by atoms with Gasteiger partial charge in [-0.05, 0) is 84.4 Å². The molecule has 5 nitrogen and oxygen atoms in total. The van der Waals surface area contributed by atoms with E-state index in [1.54, 1.807) is 30.3 Å². The SMILES string of the molecule is C[C@H]1C2=CNN(c3ccc(F)cc3)C2=CC2=C1[C@@H](CN(CCc1ccccc1F)S(=O)(=O)Cc1cccc(C(F)(F)F)c1)CC2. The molecule has 3 aromatic rings. The number of halogens is 5. The summed E-state index contributed by atoms with van der Waals surface area (Å²) in [5.41, 5.74) is 7.72. The molecule has 1 N–H and O–H groups in total. The van der Waals surface area contributed by atoms with Crippen molar-refractivity contribution in [3.8, 4) is 0 Å². The van der Waals surface area contributed by atoms with Crippen LogP contribution in [-0.2, 0) is 28.4 Å².